The van der Waals surface area contributed by atoms with Gasteiger partial charge in [0.05, 0.1) is 23.7 Å². The fraction of sp³-hybridized carbons (Fsp3) is 0.375. The maximum atomic E-state index is 14.2. The number of phenolic OH excluding ortho intramolecular Hbond substituents is 1. The van der Waals surface area contributed by atoms with E-state index >= 15 is 0 Å². The molecule has 0 saturated carbocycles. The summed E-state index contributed by atoms with van der Waals surface area (Å²) < 4.78 is 19.9. The first kappa shape index (κ1) is 26.3. The van der Waals surface area contributed by atoms with Crippen LogP contribution in [0.15, 0.2) is 35.2 Å². The minimum atomic E-state index is -1.13. The van der Waals surface area contributed by atoms with Crippen LogP contribution in [0.1, 0.15) is 59.4 Å². The molecule has 0 aromatic heterocycles. The number of benzene rings is 2. The molecular weight excluding hydrogens is 451 g/mol. The first-order valence-electron chi connectivity index (χ1n) is 10.5. The Morgan fingerprint density at radius 3 is 2.42 bits per heavy atom. The van der Waals surface area contributed by atoms with Crippen LogP contribution in [0.5, 0.6) is 11.5 Å². The van der Waals surface area contributed by atoms with Crippen LogP contribution in [0.4, 0.5) is 4.39 Å². The van der Waals surface area contributed by atoms with Crippen LogP contribution in [0.3, 0.4) is 0 Å². The van der Waals surface area contributed by atoms with Gasteiger partial charge in [0, 0.05) is 22.6 Å². The fourth-order valence-electron chi connectivity index (χ4n) is 3.12. The molecule has 2 aromatic rings. The van der Waals surface area contributed by atoms with Crippen molar-refractivity contribution in [1.82, 2.24) is 0 Å². The highest BCUT2D eigenvalue weighted by Crippen LogP contribution is 2.33. The molecule has 1 unspecified atom stereocenters. The van der Waals surface area contributed by atoms with Gasteiger partial charge in [-0.05, 0) is 43.7 Å². The van der Waals surface area contributed by atoms with Gasteiger partial charge in [0.15, 0.2) is 11.6 Å². The Morgan fingerprint density at radius 1 is 1.12 bits per heavy atom. The number of halogens is 1. The normalized spacial score (nSPS) is 11.8. The van der Waals surface area contributed by atoms with Crippen molar-refractivity contribution in [3.8, 4) is 11.5 Å². The molecule has 7 nitrogen and oxygen atoms in total. The number of rotatable bonds is 13. The van der Waals surface area contributed by atoms with Gasteiger partial charge in [0.25, 0.3) is 0 Å². The number of aliphatic hydroxyl groups is 1. The Bertz CT molecular complexity index is 1020. The van der Waals surface area contributed by atoms with Crippen LogP contribution in [0.2, 0.25) is 0 Å². The second-order valence-electron chi connectivity index (χ2n) is 7.48. The number of aromatic hydroxyl groups is 1. The minimum Gasteiger partial charge on any atom is -0.507 e. The lowest BCUT2D eigenvalue weighted by atomic mass is 10.0. The average molecular weight is 479 g/mol. The summed E-state index contributed by atoms with van der Waals surface area (Å²) in [6.45, 7) is 3.23. The second-order valence-corrected chi connectivity index (χ2v) is 8.57. The zero-order valence-corrected chi connectivity index (χ0v) is 19.3. The molecule has 178 valence electrons. The van der Waals surface area contributed by atoms with Gasteiger partial charge in [0.2, 0.25) is 0 Å². The fourth-order valence-corrected chi connectivity index (χ4v) is 3.95. The maximum Gasteiger partial charge on any atom is 0.303 e. The summed E-state index contributed by atoms with van der Waals surface area (Å²) in [4.78, 5) is 34.6. The van der Waals surface area contributed by atoms with E-state index in [2.05, 4.69) is 0 Å². The van der Waals surface area contributed by atoms with E-state index < -0.39 is 23.7 Å². The van der Waals surface area contributed by atoms with Gasteiger partial charge >= 0.3 is 5.97 Å². The molecule has 2 aromatic carbocycles. The highest BCUT2D eigenvalue weighted by Gasteiger charge is 2.18. The molecule has 0 spiro atoms. The van der Waals surface area contributed by atoms with Crippen molar-refractivity contribution in [3.63, 3.8) is 0 Å². The topological polar surface area (TPSA) is 121 Å². The predicted molar refractivity (Wildman–Crippen MR) is 122 cm³/mol. The summed E-state index contributed by atoms with van der Waals surface area (Å²) in [5.74, 6) is -2.24. The van der Waals surface area contributed by atoms with Gasteiger partial charge in [-0.15, -0.1) is 11.8 Å². The largest absolute Gasteiger partial charge is 0.507 e. The first-order valence-corrected chi connectivity index (χ1v) is 11.5. The lowest BCUT2D eigenvalue weighted by Gasteiger charge is -2.17. The smallest absolute Gasteiger partial charge is 0.303 e. The van der Waals surface area contributed by atoms with Crippen molar-refractivity contribution >= 4 is 29.3 Å². The van der Waals surface area contributed by atoms with Crippen molar-refractivity contribution in [3.05, 3.63) is 52.8 Å². The number of carboxylic acids is 1. The van der Waals surface area contributed by atoms with Crippen LogP contribution in [0.25, 0.3) is 0 Å². The second kappa shape index (κ2) is 12.4. The van der Waals surface area contributed by atoms with Crippen molar-refractivity contribution in [2.24, 2.45) is 0 Å². The summed E-state index contributed by atoms with van der Waals surface area (Å²) in [7, 11) is 0. The molecule has 0 aliphatic carbocycles. The van der Waals surface area contributed by atoms with Gasteiger partial charge in [-0.1, -0.05) is 13.3 Å². The number of hydrogen-bond acceptors (Lipinski definition) is 7. The number of hydrogen-bond donors (Lipinski definition) is 3. The highest BCUT2D eigenvalue weighted by molar-refractivity contribution is 7.99. The third-order valence-electron chi connectivity index (χ3n) is 4.80. The molecule has 1 atom stereocenters. The monoisotopic (exact) mass is 478 g/mol. The van der Waals surface area contributed by atoms with Crippen molar-refractivity contribution in [2.75, 3.05) is 12.4 Å². The maximum absolute atomic E-state index is 14.2. The Hall–Kier alpha value is -2.91. The number of aliphatic carboxylic acids is 1. The van der Waals surface area contributed by atoms with Crippen LogP contribution >= 0.6 is 11.8 Å². The van der Waals surface area contributed by atoms with E-state index in [0.717, 1.165) is 6.42 Å². The zero-order chi connectivity index (χ0) is 24.5. The summed E-state index contributed by atoms with van der Waals surface area (Å²) in [5, 5.41) is 29.3. The molecular formula is C24H27FO7S. The lowest BCUT2D eigenvalue weighted by molar-refractivity contribution is -0.136. The number of ether oxygens (including phenoxy) is 1. The molecule has 33 heavy (non-hydrogen) atoms. The molecule has 0 bridgehead atoms. The SMILES string of the molecule is CCCc1c(OCC(O)CSc2ccc(C(=O)CCC(=O)O)c(F)c2)ccc(C(C)=O)c1O. The van der Waals surface area contributed by atoms with Gasteiger partial charge in [-0.25, -0.2) is 4.39 Å². The van der Waals surface area contributed by atoms with E-state index in [1.807, 2.05) is 6.92 Å². The number of Topliss-reactive ketones (excluding diaryl/α,β-unsaturated/α-hetero) is 2. The summed E-state index contributed by atoms with van der Waals surface area (Å²) in [5.41, 5.74) is 0.561. The van der Waals surface area contributed by atoms with E-state index in [-0.39, 0.29) is 47.9 Å². The van der Waals surface area contributed by atoms with E-state index in [4.69, 9.17) is 9.84 Å². The van der Waals surface area contributed by atoms with Crippen molar-refractivity contribution in [2.45, 2.75) is 50.5 Å². The van der Waals surface area contributed by atoms with E-state index in [0.29, 0.717) is 22.6 Å². The Morgan fingerprint density at radius 2 is 1.82 bits per heavy atom. The zero-order valence-electron chi connectivity index (χ0n) is 18.5. The molecule has 0 amide bonds. The minimum absolute atomic E-state index is 0.0726. The number of carboxylic acid groups (broad SMARTS) is 1. The van der Waals surface area contributed by atoms with E-state index in [1.165, 1.54) is 43.0 Å². The third kappa shape index (κ3) is 7.57. The third-order valence-corrected chi connectivity index (χ3v) is 5.94. The highest BCUT2D eigenvalue weighted by atomic mass is 32.2. The number of thioether (sulfide) groups is 1. The lowest BCUT2D eigenvalue weighted by Crippen LogP contribution is -2.20. The molecule has 0 heterocycles. The van der Waals surface area contributed by atoms with Crippen LogP contribution in [0, 0.1) is 5.82 Å². The quantitative estimate of drug-likeness (QED) is 0.288. The number of phenols is 1. The van der Waals surface area contributed by atoms with Gasteiger partial charge in [-0.3, -0.25) is 14.4 Å². The molecule has 9 heteroatoms. The van der Waals surface area contributed by atoms with Gasteiger partial charge < -0.3 is 20.1 Å². The Kier molecular flexibility index (Phi) is 9.87. The van der Waals surface area contributed by atoms with Crippen LogP contribution in [-0.4, -0.2) is 51.3 Å². The van der Waals surface area contributed by atoms with E-state index in [9.17, 15) is 29.0 Å². The number of carbonyl (C=O) groups is 3. The first-order chi connectivity index (χ1) is 15.6. The Labute approximate surface area is 195 Å². The summed E-state index contributed by atoms with van der Waals surface area (Å²) in [6.07, 6.45) is -0.318. The summed E-state index contributed by atoms with van der Waals surface area (Å²) >= 11 is 1.17. The number of ketones is 2. The van der Waals surface area contributed by atoms with Gasteiger partial charge in [-0.2, -0.15) is 0 Å². The van der Waals surface area contributed by atoms with Crippen molar-refractivity contribution < 1.29 is 38.8 Å². The summed E-state index contributed by atoms with van der Waals surface area (Å²) in [6, 6.07) is 7.09. The molecule has 0 aliphatic rings. The average Bonchev–Trinajstić information content (AvgIpc) is 2.76. The van der Waals surface area contributed by atoms with E-state index in [1.54, 1.807) is 6.07 Å². The number of carbonyl (C=O) groups excluding carboxylic acids is 2. The molecule has 3 N–H and O–H groups in total. The molecule has 0 fully saturated rings. The standard InChI is InChI=1S/C24H27FO7S/c1-3-4-19-22(9-7-17(14(2)26)24(19)31)32-12-15(27)13-33-16-5-6-18(20(25)11-16)21(28)8-10-23(29)30/h5-7,9,11,15,27,31H,3-4,8,10,12-13H2,1-2H3,(H,29,30). The van der Waals surface area contributed by atoms with Crippen LogP contribution < -0.4 is 4.74 Å². The number of aliphatic hydroxyl groups excluding tert-OH is 1. The van der Waals surface area contributed by atoms with Gasteiger partial charge in [0.1, 0.15) is 23.9 Å². The molecule has 0 aliphatic heterocycles. The van der Waals surface area contributed by atoms with Crippen molar-refractivity contribution in [1.29, 1.82) is 0 Å². The molecule has 2 rings (SSSR count). The van der Waals surface area contributed by atoms with Crippen LogP contribution in [-0.2, 0) is 11.2 Å². The Balaban J connectivity index is 1.96. The molecule has 0 radical (unpaired) electrons. The molecule has 0 saturated heterocycles. The predicted octanol–water partition coefficient (Wildman–Crippen LogP) is 4.27.